The van der Waals surface area contributed by atoms with Crippen LogP contribution in [-0.2, 0) is 4.79 Å². The number of carboxylic acid groups (broad SMARTS) is 1. The second-order valence-electron chi connectivity index (χ2n) is 6.49. The zero-order valence-electron chi connectivity index (χ0n) is 14.9. The molecular formula is C19H39NO2. The van der Waals surface area contributed by atoms with E-state index in [1.165, 1.54) is 89.9 Å². The SMILES string of the molecule is CCCCCCCCCCCCCCCCNCCC(=O)O. The van der Waals surface area contributed by atoms with Crippen LogP contribution >= 0.6 is 0 Å². The van der Waals surface area contributed by atoms with Gasteiger partial charge in [0.25, 0.3) is 0 Å². The fraction of sp³-hybridized carbons (Fsp3) is 0.947. The summed E-state index contributed by atoms with van der Waals surface area (Å²) >= 11 is 0. The molecule has 0 aliphatic rings. The molecule has 3 nitrogen and oxygen atoms in total. The lowest BCUT2D eigenvalue weighted by Crippen LogP contribution is -2.19. The average Bonchev–Trinajstić information content (AvgIpc) is 2.50. The fourth-order valence-electron chi connectivity index (χ4n) is 2.76. The molecule has 0 aliphatic carbocycles. The summed E-state index contributed by atoms with van der Waals surface area (Å²) in [6, 6.07) is 0. The molecule has 0 saturated heterocycles. The molecule has 0 bridgehead atoms. The lowest BCUT2D eigenvalue weighted by atomic mass is 10.0. The Balaban J connectivity index is 2.95. The van der Waals surface area contributed by atoms with Gasteiger partial charge >= 0.3 is 5.97 Å². The second kappa shape index (κ2) is 18.5. The lowest BCUT2D eigenvalue weighted by molar-refractivity contribution is -0.136. The van der Waals surface area contributed by atoms with Gasteiger partial charge in [-0.15, -0.1) is 0 Å². The summed E-state index contributed by atoms with van der Waals surface area (Å²) in [7, 11) is 0. The van der Waals surface area contributed by atoms with Crippen molar-refractivity contribution in [3.8, 4) is 0 Å². The Morgan fingerprint density at radius 1 is 0.682 bits per heavy atom. The molecule has 0 rings (SSSR count). The Labute approximate surface area is 138 Å². The number of carbonyl (C=O) groups is 1. The van der Waals surface area contributed by atoms with Crippen molar-refractivity contribution < 1.29 is 9.90 Å². The summed E-state index contributed by atoms with van der Waals surface area (Å²) in [6.07, 6.45) is 19.5. The van der Waals surface area contributed by atoms with Crippen molar-refractivity contribution in [1.29, 1.82) is 0 Å². The lowest BCUT2D eigenvalue weighted by Gasteiger charge is -2.04. The minimum absolute atomic E-state index is 0.235. The van der Waals surface area contributed by atoms with Crippen molar-refractivity contribution in [2.24, 2.45) is 0 Å². The van der Waals surface area contributed by atoms with Gasteiger partial charge < -0.3 is 10.4 Å². The Morgan fingerprint density at radius 3 is 1.50 bits per heavy atom. The molecular weight excluding hydrogens is 274 g/mol. The highest BCUT2D eigenvalue weighted by atomic mass is 16.4. The van der Waals surface area contributed by atoms with Crippen LogP contribution in [0, 0.1) is 0 Å². The fourth-order valence-corrected chi connectivity index (χ4v) is 2.76. The van der Waals surface area contributed by atoms with Crippen LogP contribution in [-0.4, -0.2) is 24.2 Å². The summed E-state index contributed by atoms with van der Waals surface area (Å²) < 4.78 is 0. The third-order valence-electron chi connectivity index (χ3n) is 4.22. The van der Waals surface area contributed by atoms with Gasteiger partial charge in [-0.25, -0.2) is 0 Å². The molecule has 2 N–H and O–H groups in total. The molecule has 0 amide bonds. The first-order valence-corrected chi connectivity index (χ1v) is 9.70. The maximum atomic E-state index is 10.3. The van der Waals surface area contributed by atoms with Crippen molar-refractivity contribution in [3.05, 3.63) is 0 Å². The van der Waals surface area contributed by atoms with Crippen LogP contribution in [0.15, 0.2) is 0 Å². The van der Waals surface area contributed by atoms with E-state index in [0.717, 1.165) is 6.54 Å². The minimum Gasteiger partial charge on any atom is -0.481 e. The van der Waals surface area contributed by atoms with Crippen LogP contribution in [0.3, 0.4) is 0 Å². The first-order valence-electron chi connectivity index (χ1n) is 9.70. The number of hydrogen-bond donors (Lipinski definition) is 2. The highest BCUT2D eigenvalue weighted by Gasteiger charge is 1.96. The van der Waals surface area contributed by atoms with Gasteiger partial charge in [0.1, 0.15) is 0 Å². The first kappa shape index (κ1) is 21.4. The molecule has 0 saturated carbocycles. The van der Waals surface area contributed by atoms with Crippen molar-refractivity contribution in [3.63, 3.8) is 0 Å². The van der Waals surface area contributed by atoms with Crippen molar-refractivity contribution in [2.75, 3.05) is 13.1 Å². The van der Waals surface area contributed by atoms with Crippen LogP contribution < -0.4 is 5.32 Å². The Morgan fingerprint density at radius 2 is 1.09 bits per heavy atom. The second-order valence-corrected chi connectivity index (χ2v) is 6.49. The molecule has 132 valence electrons. The van der Waals surface area contributed by atoms with Gasteiger partial charge in [-0.3, -0.25) is 4.79 Å². The highest BCUT2D eigenvalue weighted by Crippen LogP contribution is 2.12. The Bertz CT molecular complexity index is 231. The van der Waals surface area contributed by atoms with Gasteiger partial charge in [-0.05, 0) is 13.0 Å². The summed E-state index contributed by atoms with van der Waals surface area (Å²) in [5.41, 5.74) is 0. The van der Waals surface area contributed by atoms with Crippen LogP contribution in [0.25, 0.3) is 0 Å². The number of nitrogens with one attached hydrogen (secondary N) is 1. The third kappa shape index (κ3) is 19.4. The van der Waals surface area contributed by atoms with Crippen molar-refractivity contribution >= 4 is 5.97 Å². The number of hydrogen-bond acceptors (Lipinski definition) is 2. The van der Waals surface area contributed by atoms with E-state index in [1.807, 2.05) is 0 Å². The van der Waals surface area contributed by atoms with Crippen molar-refractivity contribution in [1.82, 2.24) is 5.32 Å². The molecule has 0 aromatic rings. The predicted molar refractivity (Wildman–Crippen MR) is 95.4 cm³/mol. The minimum atomic E-state index is -0.714. The van der Waals surface area contributed by atoms with Gasteiger partial charge in [0.15, 0.2) is 0 Å². The quantitative estimate of drug-likeness (QED) is 0.327. The van der Waals surface area contributed by atoms with E-state index in [0.29, 0.717) is 6.54 Å². The van der Waals surface area contributed by atoms with E-state index in [2.05, 4.69) is 12.2 Å². The molecule has 0 aromatic heterocycles. The van der Waals surface area contributed by atoms with Gasteiger partial charge in [0, 0.05) is 6.54 Å². The largest absolute Gasteiger partial charge is 0.481 e. The predicted octanol–water partition coefficient (Wildman–Crippen LogP) is 5.53. The van der Waals surface area contributed by atoms with Crippen molar-refractivity contribution in [2.45, 2.75) is 103 Å². The van der Waals surface area contributed by atoms with E-state index < -0.39 is 5.97 Å². The van der Waals surface area contributed by atoms with Gasteiger partial charge in [-0.2, -0.15) is 0 Å². The number of unbranched alkanes of at least 4 members (excludes halogenated alkanes) is 13. The van der Waals surface area contributed by atoms with Gasteiger partial charge in [-0.1, -0.05) is 90.4 Å². The Kier molecular flexibility index (Phi) is 18.0. The molecule has 0 unspecified atom stereocenters. The highest BCUT2D eigenvalue weighted by molar-refractivity contribution is 5.66. The number of aliphatic carboxylic acids is 1. The van der Waals surface area contributed by atoms with Gasteiger partial charge in [0.05, 0.1) is 6.42 Å². The average molecular weight is 314 g/mol. The molecule has 22 heavy (non-hydrogen) atoms. The smallest absolute Gasteiger partial charge is 0.304 e. The van der Waals surface area contributed by atoms with Gasteiger partial charge in [0.2, 0.25) is 0 Å². The van der Waals surface area contributed by atoms with E-state index in [9.17, 15) is 4.79 Å². The Hall–Kier alpha value is -0.570. The molecule has 0 aliphatic heterocycles. The molecule has 0 aromatic carbocycles. The number of carboxylic acids is 1. The molecule has 0 atom stereocenters. The van der Waals surface area contributed by atoms with Crippen LogP contribution in [0.2, 0.25) is 0 Å². The maximum absolute atomic E-state index is 10.3. The topological polar surface area (TPSA) is 49.3 Å². The zero-order valence-corrected chi connectivity index (χ0v) is 14.9. The standard InChI is InChI=1S/C19H39NO2/c1-2-3-4-5-6-7-8-9-10-11-12-13-14-15-17-20-18-16-19(21)22/h20H,2-18H2,1H3,(H,21,22). The summed E-state index contributed by atoms with van der Waals surface area (Å²) in [4.78, 5) is 10.3. The molecule has 0 heterocycles. The first-order chi connectivity index (χ1) is 10.8. The normalized spacial score (nSPS) is 11.0. The van der Waals surface area contributed by atoms with E-state index in [1.54, 1.807) is 0 Å². The van der Waals surface area contributed by atoms with Crippen LogP contribution in [0.1, 0.15) is 103 Å². The zero-order chi connectivity index (χ0) is 16.3. The molecule has 0 fully saturated rings. The van der Waals surface area contributed by atoms with Crippen LogP contribution in [0.4, 0.5) is 0 Å². The van der Waals surface area contributed by atoms with E-state index >= 15 is 0 Å². The van der Waals surface area contributed by atoms with E-state index in [-0.39, 0.29) is 6.42 Å². The maximum Gasteiger partial charge on any atom is 0.304 e. The summed E-state index contributed by atoms with van der Waals surface area (Å²) in [6.45, 7) is 3.84. The summed E-state index contributed by atoms with van der Waals surface area (Å²) in [5, 5.41) is 11.7. The third-order valence-corrected chi connectivity index (χ3v) is 4.22. The summed E-state index contributed by atoms with van der Waals surface area (Å²) in [5.74, 6) is -0.714. The molecule has 0 spiro atoms. The van der Waals surface area contributed by atoms with E-state index in [4.69, 9.17) is 5.11 Å². The number of rotatable bonds is 18. The monoisotopic (exact) mass is 313 g/mol. The van der Waals surface area contributed by atoms with Crippen LogP contribution in [0.5, 0.6) is 0 Å². The molecule has 3 heteroatoms. The molecule has 0 radical (unpaired) electrons.